The number of carbonyl (C=O) groups is 4. The molecule has 1 aromatic rings. The maximum atomic E-state index is 13.0. The number of Topliss-reactive ketones (excluding diaryl/α,β-unsaturated/α-hetero) is 1. The van der Waals surface area contributed by atoms with Crippen LogP contribution in [0.3, 0.4) is 0 Å². The number of ketones is 1. The highest BCUT2D eigenvalue weighted by Crippen LogP contribution is 2.36. The molecule has 10 nitrogen and oxygen atoms in total. The lowest BCUT2D eigenvalue weighted by Crippen LogP contribution is -2.64. The summed E-state index contributed by atoms with van der Waals surface area (Å²) in [4.78, 5) is 62.4. The van der Waals surface area contributed by atoms with Crippen molar-refractivity contribution in [2.45, 2.75) is 71.5 Å². The molecule has 1 heterocycles. The molecule has 1 aromatic carbocycles. The lowest BCUT2D eigenvalue weighted by atomic mass is 9.79. The molecule has 0 saturated carbocycles. The van der Waals surface area contributed by atoms with Gasteiger partial charge in [-0.2, -0.15) is 0 Å². The van der Waals surface area contributed by atoms with Gasteiger partial charge in [0.05, 0.1) is 4.92 Å². The van der Waals surface area contributed by atoms with Gasteiger partial charge in [0.25, 0.3) is 17.5 Å². The van der Waals surface area contributed by atoms with Crippen LogP contribution in [0, 0.1) is 16.0 Å². The van der Waals surface area contributed by atoms with E-state index in [0.29, 0.717) is 0 Å². The normalized spacial score (nSPS) is 17.8. The second-order valence-corrected chi connectivity index (χ2v) is 10.4. The molecule has 0 spiro atoms. The highest BCUT2D eigenvalue weighted by atomic mass is 35.5. The smallest absolute Gasteiger partial charge is 0.329 e. The number of hydrogen-bond acceptors (Lipinski definition) is 7. The molecule has 1 fully saturated rings. The summed E-state index contributed by atoms with van der Waals surface area (Å²) in [6, 6.07) is 2.45. The fourth-order valence-corrected chi connectivity index (χ4v) is 4.67. The molecule has 0 aromatic heterocycles. The van der Waals surface area contributed by atoms with Crippen LogP contribution in [-0.4, -0.2) is 57.1 Å². The number of nitro groups is 1. The van der Waals surface area contributed by atoms with Gasteiger partial charge in [0.15, 0.2) is 6.61 Å². The topological polar surface area (TPSA) is 136 Å². The van der Waals surface area contributed by atoms with E-state index in [1.165, 1.54) is 12.1 Å². The highest BCUT2D eigenvalue weighted by molar-refractivity contribution is 6.32. The molecule has 1 atom stereocenters. The van der Waals surface area contributed by atoms with Crippen LogP contribution in [0.4, 0.5) is 5.69 Å². The van der Waals surface area contributed by atoms with Gasteiger partial charge >= 0.3 is 5.97 Å². The minimum Gasteiger partial charge on any atom is -0.454 e. The first-order valence-electron chi connectivity index (χ1n) is 10.8. The first kappa shape index (κ1) is 27.2. The van der Waals surface area contributed by atoms with E-state index in [4.69, 9.17) is 16.3 Å². The second kappa shape index (κ2) is 10.1. The molecule has 0 bridgehead atoms. The van der Waals surface area contributed by atoms with Crippen LogP contribution in [0.5, 0.6) is 0 Å². The Hall–Kier alpha value is -3.01. The minimum absolute atomic E-state index is 0.0490. The Balaban J connectivity index is 2.11. The number of hydrogen-bond donors (Lipinski definition) is 1. The zero-order chi connectivity index (χ0) is 26.0. The van der Waals surface area contributed by atoms with E-state index in [9.17, 15) is 29.3 Å². The fourth-order valence-electron chi connectivity index (χ4n) is 4.48. The lowest BCUT2D eigenvalue weighted by molar-refractivity contribution is -0.384. The molecule has 0 radical (unpaired) electrons. The van der Waals surface area contributed by atoms with Crippen molar-refractivity contribution < 1.29 is 28.8 Å². The Kier molecular flexibility index (Phi) is 8.08. The molecular weight excluding hydrogens is 466 g/mol. The summed E-state index contributed by atoms with van der Waals surface area (Å²) in [5, 5.41) is 13.5. The Labute approximate surface area is 203 Å². The third-order valence-corrected chi connectivity index (χ3v) is 5.99. The third kappa shape index (κ3) is 6.11. The van der Waals surface area contributed by atoms with Gasteiger partial charge in [-0.25, -0.2) is 4.79 Å². The van der Waals surface area contributed by atoms with E-state index in [0.717, 1.165) is 6.07 Å². The van der Waals surface area contributed by atoms with E-state index in [-0.39, 0.29) is 29.2 Å². The van der Waals surface area contributed by atoms with Crippen molar-refractivity contribution in [2.24, 2.45) is 5.92 Å². The molecular formula is C23H30ClN3O7. The number of likely N-dealkylation sites (tertiary alicyclic amines) is 1. The standard InChI is InChI=1S/C23H30ClN3O7/c1-13(2)19(25-20(30)14-7-8-16(24)17(9-14)27(32)33)21(31)34-12-18(29)26-22(3,4)10-15(28)11-23(26,5)6/h7-9,13,19H,10-12H2,1-6H3,(H,25,30)/t19-/m0/s1. The molecule has 2 rings (SSSR count). The number of carbonyl (C=O) groups excluding carboxylic acids is 4. The van der Waals surface area contributed by atoms with Crippen molar-refractivity contribution in [3.05, 3.63) is 38.9 Å². The number of rotatable bonds is 7. The van der Waals surface area contributed by atoms with Crippen molar-refractivity contribution in [3.63, 3.8) is 0 Å². The first-order chi connectivity index (χ1) is 15.6. The summed E-state index contributed by atoms with van der Waals surface area (Å²) in [6.45, 7) is 9.96. The molecule has 1 aliphatic heterocycles. The zero-order valence-corrected chi connectivity index (χ0v) is 20.9. The fraction of sp³-hybridized carbons (Fsp3) is 0.565. The number of amides is 2. The number of esters is 1. The van der Waals surface area contributed by atoms with Crippen LogP contribution in [-0.2, 0) is 19.1 Å². The summed E-state index contributed by atoms with van der Waals surface area (Å²) in [5.41, 5.74) is -1.96. The molecule has 1 aliphatic rings. The predicted molar refractivity (Wildman–Crippen MR) is 124 cm³/mol. The van der Waals surface area contributed by atoms with E-state index < -0.39 is 58.0 Å². The number of nitrogens with zero attached hydrogens (tertiary/aromatic N) is 2. The number of nitrogens with one attached hydrogen (secondary N) is 1. The molecule has 1 N–H and O–H groups in total. The number of piperidine rings is 1. The Bertz CT molecular complexity index is 1000. The summed E-state index contributed by atoms with van der Waals surface area (Å²) in [6.07, 6.45) is 0.405. The van der Waals surface area contributed by atoms with Crippen molar-refractivity contribution in [2.75, 3.05) is 6.61 Å². The molecule has 186 valence electrons. The molecule has 0 aliphatic carbocycles. The number of halogens is 1. The van der Waals surface area contributed by atoms with Crippen LogP contribution in [0.15, 0.2) is 18.2 Å². The van der Waals surface area contributed by atoms with E-state index in [2.05, 4.69) is 5.32 Å². The van der Waals surface area contributed by atoms with Crippen LogP contribution in [0.2, 0.25) is 5.02 Å². The quantitative estimate of drug-likeness (QED) is 0.348. The predicted octanol–water partition coefficient (Wildman–Crippen LogP) is 3.29. The lowest BCUT2D eigenvalue weighted by Gasteiger charge is -2.52. The second-order valence-electron chi connectivity index (χ2n) is 9.97. The van der Waals surface area contributed by atoms with E-state index in [1.807, 2.05) is 0 Å². The van der Waals surface area contributed by atoms with Gasteiger partial charge < -0.3 is 15.0 Å². The Morgan fingerprint density at radius 2 is 1.74 bits per heavy atom. The van der Waals surface area contributed by atoms with Crippen LogP contribution in [0.1, 0.15) is 64.7 Å². The molecule has 34 heavy (non-hydrogen) atoms. The maximum Gasteiger partial charge on any atom is 0.329 e. The monoisotopic (exact) mass is 495 g/mol. The SMILES string of the molecule is CC(C)[C@H](NC(=O)c1ccc(Cl)c([N+](=O)[O-])c1)C(=O)OCC(=O)N1C(C)(C)CC(=O)CC1(C)C. The van der Waals surface area contributed by atoms with Crippen molar-refractivity contribution in [1.29, 1.82) is 0 Å². The number of benzene rings is 1. The summed E-state index contributed by atoms with van der Waals surface area (Å²) >= 11 is 5.78. The van der Waals surface area contributed by atoms with Crippen LogP contribution in [0.25, 0.3) is 0 Å². The average Bonchev–Trinajstić information content (AvgIpc) is 2.67. The van der Waals surface area contributed by atoms with Crippen molar-refractivity contribution in [3.8, 4) is 0 Å². The van der Waals surface area contributed by atoms with Crippen molar-refractivity contribution >= 4 is 40.9 Å². The molecule has 1 saturated heterocycles. The first-order valence-corrected chi connectivity index (χ1v) is 11.2. The van der Waals surface area contributed by atoms with Gasteiger partial charge in [0.2, 0.25) is 0 Å². The summed E-state index contributed by atoms with van der Waals surface area (Å²) in [7, 11) is 0. The summed E-state index contributed by atoms with van der Waals surface area (Å²) in [5.74, 6) is -2.32. The van der Waals surface area contributed by atoms with Gasteiger partial charge in [-0.05, 0) is 45.7 Å². The largest absolute Gasteiger partial charge is 0.454 e. The Morgan fingerprint density at radius 3 is 2.24 bits per heavy atom. The van der Waals surface area contributed by atoms with Gasteiger partial charge in [-0.1, -0.05) is 25.4 Å². The average molecular weight is 496 g/mol. The zero-order valence-electron chi connectivity index (χ0n) is 20.1. The summed E-state index contributed by atoms with van der Waals surface area (Å²) < 4.78 is 5.25. The highest BCUT2D eigenvalue weighted by Gasteiger charge is 2.47. The maximum absolute atomic E-state index is 13.0. The molecule has 11 heteroatoms. The number of ether oxygens (including phenoxy) is 1. The van der Waals surface area contributed by atoms with E-state index in [1.54, 1.807) is 46.4 Å². The molecule has 0 unspecified atom stereocenters. The van der Waals surface area contributed by atoms with Gasteiger partial charge in [-0.3, -0.25) is 24.5 Å². The third-order valence-electron chi connectivity index (χ3n) is 5.67. The van der Waals surface area contributed by atoms with Crippen LogP contribution < -0.4 is 5.32 Å². The van der Waals surface area contributed by atoms with Gasteiger partial charge in [0.1, 0.15) is 16.8 Å². The van der Waals surface area contributed by atoms with Gasteiger partial charge in [-0.15, -0.1) is 0 Å². The minimum atomic E-state index is -1.10. The number of nitro benzene ring substituents is 1. The van der Waals surface area contributed by atoms with E-state index >= 15 is 0 Å². The van der Waals surface area contributed by atoms with Gasteiger partial charge in [0, 0.05) is 35.5 Å². The van der Waals surface area contributed by atoms with Crippen LogP contribution >= 0.6 is 11.6 Å². The molecule has 2 amide bonds. The Morgan fingerprint density at radius 1 is 1.18 bits per heavy atom. The van der Waals surface area contributed by atoms with Crippen molar-refractivity contribution in [1.82, 2.24) is 10.2 Å².